The summed E-state index contributed by atoms with van der Waals surface area (Å²) in [4.78, 5) is 15.5. The number of alkyl halides is 2. The summed E-state index contributed by atoms with van der Waals surface area (Å²) in [6.07, 6.45) is 4.29. The number of aromatic nitrogens is 1. The molecule has 1 heterocycles. The molecule has 1 aromatic heterocycles. The van der Waals surface area contributed by atoms with Crippen molar-refractivity contribution in [2.45, 2.75) is 24.9 Å². The Balaban J connectivity index is 1.94. The smallest absolute Gasteiger partial charge is 0.387 e. The van der Waals surface area contributed by atoms with E-state index >= 15 is 0 Å². The number of rotatable bonds is 5. The lowest BCUT2D eigenvalue weighted by Crippen LogP contribution is -2.19. The Morgan fingerprint density at radius 3 is 2.64 bits per heavy atom. The topological polar surface area (TPSA) is 59.4 Å². The summed E-state index contributed by atoms with van der Waals surface area (Å²) in [7, 11) is 0. The van der Waals surface area contributed by atoms with E-state index in [1.165, 1.54) is 12.1 Å². The number of halogens is 2. The number of aliphatic carboxylic acids is 1. The molecule has 0 spiro atoms. The van der Waals surface area contributed by atoms with Crippen molar-refractivity contribution in [3.63, 3.8) is 0 Å². The number of hydrogen-bond donors (Lipinski definition) is 1. The van der Waals surface area contributed by atoms with Crippen LogP contribution in [0.2, 0.25) is 0 Å². The first-order valence-corrected chi connectivity index (χ1v) is 6.75. The molecule has 0 aliphatic heterocycles. The van der Waals surface area contributed by atoms with Crippen LogP contribution in [0.15, 0.2) is 42.7 Å². The van der Waals surface area contributed by atoms with Crippen molar-refractivity contribution in [2.24, 2.45) is 0 Å². The molecule has 0 bridgehead atoms. The summed E-state index contributed by atoms with van der Waals surface area (Å²) >= 11 is 0. The molecule has 3 rings (SSSR count). The Morgan fingerprint density at radius 1 is 1.23 bits per heavy atom. The predicted octanol–water partition coefficient (Wildman–Crippen LogP) is 3.47. The van der Waals surface area contributed by atoms with E-state index in [1.54, 1.807) is 30.6 Å². The van der Waals surface area contributed by atoms with Crippen LogP contribution in [0.1, 0.15) is 18.4 Å². The van der Waals surface area contributed by atoms with E-state index in [-0.39, 0.29) is 5.75 Å². The lowest BCUT2D eigenvalue weighted by atomic mass is 9.95. The number of carbonyl (C=O) groups is 1. The first-order valence-electron chi connectivity index (χ1n) is 6.75. The average molecular weight is 305 g/mol. The molecule has 1 fully saturated rings. The summed E-state index contributed by atoms with van der Waals surface area (Å²) in [5.74, 6) is -0.807. The summed E-state index contributed by atoms with van der Waals surface area (Å²) in [6, 6.07) is 8.00. The second-order valence-corrected chi connectivity index (χ2v) is 5.26. The van der Waals surface area contributed by atoms with Crippen molar-refractivity contribution in [2.75, 3.05) is 0 Å². The zero-order valence-electron chi connectivity index (χ0n) is 11.5. The van der Waals surface area contributed by atoms with Gasteiger partial charge in [-0.05, 0) is 42.2 Å². The average Bonchev–Trinajstić information content (AvgIpc) is 3.29. The van der Waals surface area contributed by atoms with Gasteiger partial charge in [-0.15, -0.1) is 0 Å². The van der Waals surface area contributed by atoms with Crippen molar-refractivity contribution >= 4 is 5.97 Å². The fraction of sp³-hybridized carbons (Fsp3) is 0.250. The van der Waals surface area contributed by atoms with Crippen molar-refractivity contribution in [1.82, 2.24) is 4.98 Å². The third kappa shape index (κ3) is 2.64. The zero-order chi connectivity index (χ0) is 15.7. The van der Waals surface area contributed by atoms with Gasteiger partial charge in [0.2, 0.25) is 0 Å². The summed E-state index contributed by atoms with van der Waals surface area (Å²) in [5.41, 5.74) is 1.11. The molecule has 1 N–H and O–H groups in total. The maximum atomic E-state index is 12.3. The van der Waals surface area contributed by atoms with Gasteiger partial charge in [0.15, 0.2) is 0 Å². The number of nitrogens with zero attached hydrogens (tertiary/aromatic N) is 1. The number of carboxylic acids is 1. The molecule has 1 saturated carbocycles. The Hall–Kier alpha value is -2.50. The summed E-state index contributed by atoms with van der Waals surface area (Å²) < 4.78 is 28.9. The van der Waals surface area contributed by atoms with Crippen molar-refractivity contribution in [3.05, 3.63) is 48.3 Å². The van der Waals surface area contributed by atoms with Crippen LogP contribution in [0.3, 0.4) is 0 Å². The molecule has 0 atom stereocenters. The lowest BCUT2D eigenvalue weighted by molar-refractivity contribution is -0.140. The van der Waals surface area contributed by atoms with Gasteiger partial charge in [0.1, 0.15) is 5.75 Å². The molecule has 4 nitrogen and oxygen atoms in total. The van der Waals surface area contributed by atoms with Gasteiger partial charge < -0.3 is 9.84 Å². The summed E-state index contributed by atoms with van der Waals surface area (Å²) in [5, 5.41) is 9.33. The molecule has 114 valence electrons. The van der Waals surface area contributed by atoms with Gasteiger partial charge in [-0.1, -0.05) is 12.1 Å². The number of benzene rings is 1. The van der Waals surface area contributed by atoms with Crippen LogP contribution in [0.4, 0.5) is 8.78 Å². The fourth-order valence-corrected chi connectivity index (χ4v) is 2.46. The minimum absolute atomic E-state index is 0.0530. The summed E-state index contributed by atoms with van der Waals surface area (Å²) in [6.45, 7) is -2.89. The van der Waals surface area contributed by atoms with E-state index < -0.39 is 18.0 Å². The molecule has 1 aliphatic carbocycles. The molecular formula is C16H13F2NO3. The van der Waals surface area contributed by atoms with Crippen LogP contribution < -0.4 is 4.74 Å². The minimum atomic E-state index is -2.89. The minimum Gasteiger partial charge on any atom is -0.481 e. The molecule has 0 radical (unpaired) electrons. The normalized spacial score (nSPS) is 15.6. The van der Waals surface area contributed by atoms with Crippen molar-refractivity contribution in [1.29, 1.82) is 0 Å². The number of pyridine rings is 1. The Morgan fingerprint density at radius 2 is 2.00 bits per heavy atom. The number of carboxylic acid groups (broad SMARTS) is 1. The Labute approximate surface area is 125 Å². The van der Waals surface area contributed by atoms with Crippen molar-refractivity contribution < 1.29 is 23.4 Å². The van der Waals surface area contributed by atoms with Gasteiger partial charge in [0.05, 0.1) is 5.41 Å². The number of ether oxygens (including phenoxy) is 1. The van der Waals surface area contributed by atoms with Gasteiger partial charge >= 0.3 is 12.6 Å². The van der Waals surface area contributed by atoms with E-state index in [2.05, 4.69) is 9.72 Å². The lowest BCUT2D eigenvalue weighted by Gasteiger charge is -2.12. The SMILES string of the molecule is O=C(O)C1(c2cncc(-c3cccc(OC(F)F)c3)c2)CC1. The highest BCUT2D eigenvalue weighted by atomic mass is 19.3. The van der Waals surface area contributed by atoms with E-state index in [9.17, 15) is 18.7 Å². The molecule has 22 heavy (non-hydrogen) atoms. The highest BCUT2D eigenvalue weighted by Crippen LogP contribution is 2.48. The van der Waals surface area contributed by atoms with Gasteiger partial charge in [-0.2, -0.15) is 8.78 Å². The second kappa shape index (κ2) is 5.36. The monoisotopic (exact) mass is 305 g/mol. The van der Waals surface area contributed by atoms with Crippen LogP contribution in [-0.4, -0.2) is 22.7 Å². The molecule has 0 unspecified atom stereocenters. The van der Waals surface area contributed by atoms with Crippen LogP contribution in [0.5, 0.6) is 5.75 Å². The first kappa shape index (κ1) is 14.4. The van der Waals surface area contributed by atoms with Gasteiger partial charge in [-0.25, -0.2) is 0 Å². The number of hydrogen-bond acceptors (Lipinski definition) is 3. The van der Waals surface area contributed by atoms with Crippen LogP contribution in [-0.2, 0) is 10.2 Å². The van der Waals surface area contributed by atoms with Crippen LogP contribution in [0.25, 0.3) is 11.1 Å². The predicted molar refractivity (Wildman–Crippen MR) is 74.9 cm³/mol. The van der Waals surface area contributed by atoms with Gasteiger partial charge in [0.25, 0.3) is 0 Å². The quantitative estimate of drug-likeness (QED) is 0.919. The first-order chi connectivity index (χ1) is 10.5. The van der Waals surface area contributed by atoms with E-state index in [4.69, 9.17) is 0 Å². The highest BCUT2D eigenvalue weighted by Gasteiger charge is 2.52. The van der Waals surface area contributed by atoms with E-state index in [0.717, 1.165) is 0 Å². The standard InChI is InChI=1S/C16H13F2NO3/c17-15(18)22-13-3-1-2-10(7-13)11-6-12(9-19-8-11)16(4-5-16)14(20)21/h1-3,6-9,15H,4-5H2,(H,20,21). The largest absolute Gasteiger partial charge is 0.481 e. The maximum absolute atomic E-state index is 12.3. The zero-order valence-corrected chi connectivity index (χ0v) is 11.5. The molecule has 2 aromatic rings. The third-order valence-electron chi connectivity index (χ3n) is 3.84. The van der Waals surface area contributed by atoms with E-state index in [0.29, 0.717) is 29.5 Å². The molecular weight excluding hydrogens is 292 g/mol. The molecule has 1 aromatic carbocycles. The Bertz CT molecular complexity index is 714. The Kier molecular flexibility index (Phi) is 3.52. The fourth-order valence-electron chi connectivity index (χ4n) is 2.46. The second-order valence-electron chi connectivity index (χ2n) is 5.26. The molecule has 0 saturated heterocycles. The molecule has 1 aliphatic rings. The highest BCUT2D eigenvalue weighted by molar-refractivity contribution is 5.85. The van der Waals surface area contributed by atoms with Crippen LogP contribution in [0, 0.1) is 0 Å². The van der Waals surface area contributed by atoms with Gasteiger partial charge in [-0.3, -0.25) is 9.78 Å². The molecule has 6 heteroatoms. The van der Waals surface area contributed by atoms with Gasteiger partial charge in [0, 0.05) is 18.0 Å². The van der Waals surface area contributed by atoms with Crippen molar-refractivity contribution in [3.8, 4) is 16.9 Å². The third-order valence-corrected chi connectivity index (χ3v) is 3.84. The van der Waals surface area contributed by atoms with E-state index in [1.807, 2.05) is 0 Å². The maximum Gasteiger partial charge on any atom is 0.387 e. The molecule has 0 amide bonds. The van der Waals surface area contributed by atoms with Crippen LogP contribution >= 0.6 is 0 Å².